The van der Waals surface area contributed by atoms with Crippen molar-refractivity contribution in [2.24, 2.45) is 0 Å². The molecule has 0 unspecified atom stereocenters. The van der Waals surface area contributed by atoms with Gasteiger partial charge in [0.05, 0.1) is 0 Å². The third kappa shape index (κ3) is 3.54. The first kappa shape index (κ1) is 14.5. The maximum Gasteiger partial charge on any atom is 0.255 e. The van der Waals surface area contributed by atoms with Crippen LogP contribution in [0.15, 0.2) is 30.5 Å². The molecule has 0 saturated carbocycles. The van der Waals surface area contributed by atoms with Gasteiger partial charge in [-0.05, 0) is 37.1 Å². The molecule has 1 N–H and O–H groups in total. The normalized spacial score (nSPS) is 10.7. The first-order chi connectivity index (χ1) is 9.45. The van der Waals surface area contributed by atoms with Gasteiger partial charge in [0.1, 0.15) is 5.15 Å². The topological polar surface area (TPSA) is 54.9 Å². The van der Waals surface area contributed by atoms with Gasteiger partial charge in [0, 0.05) is 28.8 Å². The molecule has 0 aliphatic heterocycles. The highest BCUT2D eigenvalue weighted by Crippen LogP contribution is 2.19. The Hall–Kier alpha value is -1.94. The van der Waals surface area contributed by atoms with Crippen LogP contribution in [0.1, 0.15) is 41.5 Å². The SMILES string of the molecule is Cc1cc(NC(=O)c2cc(Cl)nc(C(C)C)c2)ccn1. The minimum Gasteiger partial charge on any atom is -0.322 e. The maximum atomic E-state index is 12.2. The van der Waals surface area contributed by atoms with Crippen LogP contribution in [0.3, 0.4) is 0 Å². The van der Waals surface area contributed by atoms with E-state index in [0.717, 1.165) is 11.4 Å². The zero-order valence-electron chi connectivity index (χ0n) is 11.6. The van der Waals surface area contributed by atoms with Gasteiger partial charge in [-0.2, -0.15) is 0 Å². The second kappa shape index (κ2) is 6.01. The number of halogens is 1. The van der Waals surface area contributed by atoms with Crippen molar-refractivity contribution in [2.45, 2.75) is 26.7 Å². The zero-order chi connectivity index (χ0) is 14.7. The molecule has 0 atom stereocenters. The second-order valence-corrected chi connectivity index (χ2v) is 5.29. The molecule has 2 rings (SSSR count). The summed E-state index contributed by atoms with van der Waals surface area (Å²) >= 11 is 5.97. The predicted octanol–water partition coefficient (Wildman–Crippen LogP) is 3.81. The number of aryl methyl sites for hydroxylation is 1. The lowest BCUT2D eigenvalue weighted by Gasteiger charge is -2.09. The van der Waals surface area contributed by atoms with Crippen LogP contribution in [0.4, 0.5) is 5.69 Å². The molecular weight excluding hydrogens is 274 g/mol. The third-order valence-corrected chi connectivity index (χ3v) is 3.02. The highest BCUT2D eigenvalue weighted by molar-refractivity contribution is 6.29. The van der Waals surface area contributed by atoms with Gasteiger partial charge in [0.2, 0.25) is 0 Å². The Morgan fingerprint density at radius 2 is 2.05 bits per heavy atom. The first-order valence-corrected chi connectivity index (χ1v) is 6.75. The van der Waals surface area contributed by atoms with Crippen molar-refractivity contribution in [2.75, 3.05) is 5.32 Å². The second-order valence-electron chi connectivity index (χ2n) is 4.90. The summed E-state index contributed by atoms with van der Waals surface area (Å²) in [6.07, 6.45) is 1.66. The smallest absolute Gasteiger partial charge is 0.255 e. The molecule has 0 saturated heterocycles. The lowest BCUT2D eigenvalue weighted by atomic mass is 10.1. The Morgan fingerprint density at radius 1 is 1.30 bits per heavy atom. The molecule has 20 heavy (non-hydrogen) atoms. The number of carbonyl (C=O) groups excluding carboxylic acids is 1. The fourth-order valence-electron chi connectivity index (χ4n) is 1.77. The van der Waals surface area contributed by atoms with Crippen molar-refractivity contribution >= 4 is 23.2 Å². The Labute approximate surface area is 123 Å². The summed E-state index contributed by atoms with van der Waals surface area (Å²) in [5.74, 6) is 0.00483. The molecule has 0 radical (unpaired) electrons. The van der Waals surface area contributed by atoms with Crippen LogP contribution in [0.5, 0.6) is 0 Å². The van der Waals surface area contributed by atoms with Crippen molar-refractivity contribution in [3.05, 3.63) is 52.6 Å². The lowest BCUT2D eigenvalue weighted by Crippen LogP contribution is -2.13. The summed E-state index contributed by atoms with van der Waals surface area (Å²) < 4.78 is 0. The molecule has 2 heterocycles. The van der Waals surface area contributed by atoms with E-state index in [-0.39, 0.29) is 11.8 Å². The van der Waals surface area contributed by atoms with E-state index in [1.807, 2.05) is 26.8 Å². The van der Waals surface area contributed by atoms with Crippen LogP contribution in [-0.2, 0) is 0 Å². The number of rotatable bonds is 3. The molecule has 1 amide bonds. The number of anilines is 1. The van der Waals surface area contributed by atoms with Crippen LogP contribution in [-0.4, -0.2) is 15.9 Å². The average molecular weight is 290 g/mol. The summed E-state index contributed by atoms with van der Waals surface area (Å²) in [4.78, 5) is 20.5. The van der Waals surface area contributed by atoms with Crippen LogP contribution < -0.4 is 5.32 Å². The third-order valence-electron chi connectivity index (χ3n) is 2.82. The molecule has 2 aromatic heterocycles. The summed E-state index contributed by atoms with van der Waals surface area (Å²) in [6, 6.07) is 6.89. The summed E-state index contributed by atoms with van der Waals surface area (Å²) in [7, 11) is 0. The molecular formula is C15H16ClN3O. The van der Waals surface area contributed by atoms with Crippen molar-refractivity contribution in [3.8, 4) is 0 Å². The van der Waals surface area contributed by atoms with E-state index in [1.54, 1.807) is 24.4 Å². The average Bonchev–Trinajstić information content (AvgIpc) is 2.37. The van der Waals surface area contributed by atoms with Gasteiger partial charge < -0.3 is 5.32 Å². The van der Waals surface area contributed by atoms with Gasteiger partial charge in [-0.15, -0.1) is 0 Å². The van der Waals surface area contributed by atoms with E-state index in [1.165, 1.54) is 0 Å². The molecule has 104 valence electrons. The number of nitrogens with one attached hydrogen (secondary N) is 1. The van der Waals surface area contributed by atoms with E-state index < -0.39 is 0 Å². The zero-order valence-corrected chi connectivity index (χ0v) is 12.4. The van der Waals surface area contributed by atoms with Gasteiger partial charge in [-0.1, -0.05) is 25.4 Å². The van der Waals surface area contributed by atoms with E-state index in [9.17, 15) is 4.79 Å². The summed E-state index contributed by atoms with van der Waals surface area (Å²) in [6.45, 7) is 5.88. The quantitative estimate of drug-likeness (QED) is 0.874. The molecule has 4 nitrogen and oxygen atoms in total. The molecule has 5 heteroatoms. The number of aromatic nitrogens is 2. The number of hydrogen-bond donors (Lipinski definition) is 1. The monoisotopic (exact) mass is 289 g/mol. The predicted molar refractivity (Wildman–Crippen MR) is 80.3 cm³/mol. The van der Waals surface area contributed by atoms with Crippen LogP contribution >= 0.6 is 11.6 Å². The van der Waals surface area contributed by atoms with E-state index in [2.05, 4.69) is 15.3 Å². The fourth-order valence-corrected chi connectivity index (χ4v) is 1.99. The molecule has 0 spiro atoms. The van der Waals surface area contributed by atoms with E-state index in [0.29, 0.717) is 16.4 Å². The van der Waals surface area contributed by atoms with Crippen molar-refractivity contribution in [1.29, 1.82) is 0 Å². The highest BCUT2D eigenvalue weighted by Gasteiger charge is 2.11. The van der Waals surface area contributed by atoms with Gasteiger partial charge in [-0.3, -0.25) is 9.78 Å². The van der Waals surface area contributed by atoms with Crippen LogP contribution in [0, 0.1) is 6.92 Å². The van der Waals surface area contributed by atoms with Crippen LogP contribution in [0.25, 0.3) is 0 Å². The first-order valence-electron chi connectivity index (χ1n) is 6.37. The molecule has 0 aliphatic rings. The molecule has 0 aliphatic carbocycles. The van der Waals surface area contributed by atoms with E-state index >= 15 is 0 Å². The fraction of sp³-hybridized carbons (Fsp3) is 0.267. The Morgan fingerprint density at radius 3 is 2.70 bits per heavy atom. The Bertz CT molecular complexity index is 641. The van der Waals surface area contributed by atoms with Crippen molar-refractivity contribution in [3.63, 3.8) is 0 Å². The molecule has 0 fully saturated rings. The number of nitrogens with zero attached hydrogens (tertiary/aromatic N) is 2. The minimum atomic E-state index is -0.207. The van der Waals surface area contributed by atoms with Gasteiger partial charge in [-0.25, -0.2) is 4.98 Å². The van der Waals surface area contributed by atoms with Gasteiger partial charge >= 0.3 is 0 Å². The van der Waals surface area contributed by atoms with Gasteiger partial charge in [0.15, 0.2) is 0 Å². The summed E-state index contributed by atoms with van der Waals surface area (Å²) in [5.41, 5.74) is 2.86. The molecule has 2 aromatic rings. The lowest BCUT2D eigenvalue weighted by molar-refractivity contribution is 0.102. The Kier molecular flexibility index (Phi) is 4.35. The molecule has 0 aromatic carbocycles. The summed E-state index contributed by atoms with van der Waals surface area (Å²) in [5, 5.41) is 3.15. The van der Waals surface area contributed by atoms with Crippen molar-refractivity contribution < 1.29 is 4.79 Å². The number of carbonyl (C=O) groups is 1. The minimum absolute atomic E-state index is 0.207. The molecule has 0 bridgehead atoms. The van der Waals surface area contributed by atoms with Crippen molar-refractivity contribution in [1.82, 2.24) is 9.97 Å². The van der Waals surface area contributed by atoms with Crippen LogP contribution in [0.2, 0.25) is 5.15 Å². The largest absolute Gasteiger partial charge is 0.322 e. The number of hydrogen-bond acceptors (Lipinski definition) is 3. The van der Waals surface area contributed by atoms with E-state index in [4.69, 9.17) is 11.6 Å². The highest BCUT2D eigenvalue weighted by atomic mass is 35.5. The standard InChI is InChI=1S/C15H16ClN3O/c1-9(2)13-7-11(8-14(16)19-13)15(20)18-12-4-5-17-10(3)6-12/h4-9H,1-3H3,(H,17,18,20). The Balaban J connectivity index is 2.25. The number of pyridine rings is 2. The number of amides is 1. The maximum absolute atomic E-state index is 12.2. The van der Waals surface area contributed by atoms with Gasteiger partial charge in [0.25, 0.3) is 5.91 Å².